The van der Waals surface area contributed by atoms with Crippen LogP contribution in [0.3, 0.4) is 0 Å². The van der Waals surface area contributed by atoms with E-state index in [2.05, 4.69) is 17.5 Å². The lowest BCUT2D eigenvalue weighted by atomic mass is 9.93. The summed E-state index contributed by atoms with van der Waals surface area (Å²) in [7, 11) is 3.24. The predicted molar refractivity (Wildman–Crippen MR) is 128 cm³/mol. The van der Waals surface area contributed by atoms with Crippen LogP contribution < -0.4 is 4.72 Å². The smallest absolute Gasteiger partial charge is 0.305 e. The molecule has 0 radical (unpaired) electrons. The molecule has 1 aromatic carbocycles. The highest BCUT2D eigenvalue weighted by Gasteiger charge is 2.31. The predicted octanol–water partition coefficient (Wildman–Crippen LogP) is 4.58. The molecule has 3 aromatic rings. The molecule has 32 heavy (non-hydrogen) atoms. The van der Waals surface area contributed by atoms with E-state index in [0.717, 1.165) is 58.4 Å². The van der Waals surface area contributed by atoms with Crippen LogP contribution in [0.2, 0.25) is 5.02 Å². The van der Waals surface area contributed by atoms with Crippen molar-refractivity contribution >= 4 is 47.1 Å². The van der Waals surface area contributed by atoms with Gasteiger partial charge in [0.1, 0.15) is 0 Å². The lowest BCUT2D eigenvalue weighted by molar-refractivity contribution is -0.140. The second-order valence-electron chi connectivity index (χ2n) is 8.23. The molecule has 0 spiro atoms. The van der Waals surface area contributed by atoms with Crippen molar-refractivity contribution in [3.63, 3.8) is 0 Å². The number of thiol groups is 1. The molecule has 0 bridgehead atoms. The average molecular weight is 475 g/mol. The third kappa shape index (κ3) is 3.64. The van der Waals surface area contributed by atoms with E-state index >= 15 is 0 Å². The first-order valence-electron chi connectivity index (χ1n) is 10.6. The molecule has 1 N–H and O–H groups in total. The molecule has 1 aliphatic heterocycles. The molecule has 0 saturated heterocycles. The van der Waals surface area contributed by atoms with Crippen molar-refractivity contribution < 1.29 is 14.3 Å². The van der Waals surface area contributed by atoms with Gasteiger partial charge in [0.25, 0.3) is 0 Å². The van der Waals surface area contributed by atoms with Gasteiger partial charge in [0.15, 0.2) is 5.78 Å². The highest BCUT2D eigenvalue weighted by molar-refractivity contribution is 7.78. The van der Waals surface area contributed by atoms with Crippen LogP contribution >= 0.6 is 24.4 Å². The average Bonchev–Trinajstić information content (AvgIpc) is 3.25. The Morgan fingerprint density at radius 1 is 1.34 bits per heavy atom. The fourth-order valence-electron chi connectivity index (χ4n) is 5.01. The van der Waals surface area contributed by atoms with E-state index in [1.54, 1.807) is 6.92 Å². The van der Waals surface area contributed by atoms with Gasteiger partial charge in [-0.15, -0.1) is 0 Å². The number of carbonyl (C=O) groups excluding carboxylic acids is 2. The fourth-order valence-corrected chi connectivity index (χ4v) is 5.51. The van der Waals surface area contributed by atoms with Crippen molar-refractivity contribution in [1.29, 1.82) is 0 Å². The summed E-state index contributed by atoms with van der Waals surface area (Å²) in [4.78, 5) is 24.5. The molecule has 170 valence electrons. The van der Waals surface area contributed by atoms with Gasteiger partial charge in [-0.1, -0.05) is 30.5 Å². The SMILES string of the molecule is COC(=O)CCc1c(C(C)=O)n(C)c2c(-c3c(C)nn4c3[C@H](NS)CCC4)c(Cl)ccc12. The number of aromatic nitrogens is 3. The number of halogens is 1. The number of rotatable bonds is 6. The van der Waals surface area contributed by atoms with E-state index in [-0.39, 0.29) is 24.2 Å². The number of hydrogen-bond donors (Lipinski definition) is 2. The number of fused-ring (bicyclic) bond motifs is 2. The molecular formula is C23H27ClN4O3S. The number of aryl methyl sites for hydroxylation is 4. The number of nitrogens with one attached hydrogen (secondary N) is 1. The number of esters is 1. The third-order valence-corrected chi connectivity index (χ3v) is 6.94. The molecule has 0 unspecified atom stereocenters. The van der Waals surface area contributed by atoms with Crippen LogP contribution in [0.4, 0.5) is 0 Å². The second kappa shape index (κ2) is 8.92. The Hall–Kier alpha value is -2.29. The Balaban J connectivity index is 2.03. The first-order valence-corrected chi connectivity index (χ1v) is 11.5. The minimum absolute atomic E-state index is 0.0425. The molecule has 0 saturated carbocycles. The van der Waals surface area contributed by atoms with Crippen molar-refractivity contribution in [3.05, 3.63) is 39.8 Å². The monoisotopic (exact) mass is 474 g/mol. The number of benzene rings is 1. The Morgan fingerprint density at radius 3 is 2.75 bits per heavy atom. The number of carbonyl (C=O) groups is 2. The van der Waals surface area contributed by atoms with Crippen molar-refractivity contribution in [3.8, 4) is 11.1 Å². The zero-order valence-electron chi connectivity index (χ0n) is 18.7. The Kier molecular flexibility index (Phi) is 6.38. The van der Waals surface area contributed by atoms with Crippen LogP contribution in [0.25, 0.3) is 22.0 Å². The van der Waals surface area contributed by atoms with Gasteiger partial charge in [-0.05, 0) is 37.8 Å². The molecular weight excluding hydrogens is 448 g/mol. The number of methoxy groups -OCH3 is 1. The maximum atomic E-state index is 12.6. The van der Waals surface area contributed by atoms with E-state index in [9.17, 15) is 9.59 Å². The molecule has 4 rings (SSSR count). The minimum atomic E-state index is -0.310. The first kappa shape index (κ1) is 22.9. The summed E-state index contributed by atoms with van der Waals surface area (Å²) in [5, 5.41) is 6.29. The van der Waals surface area contributed by atoms with Crippen LogP contribution in [-0.4, -0.2) is 33.2 Å². The van der Waals surface area contributed by atoms with Gasteiger partial charge in [-0.3, -0.25) is 19.0 Å². The largest absolute Gasteiger partial charge is 0.469 e. The number of ether oxygens (including phenoxy) is 1. The molecule has 0 amide bonds. The fraction of sp³-hybridized carbons (Fsp3) is 0.435. The van der Waals surface area contributed by atoms with Gasteiger partial charge in [0.2, 0.25) is 0 Å². The maximum absolute atomic E-state index is 12.6. The summed E-state index contributed by atoms with van der Waals surface area (Å²) in [5.41, 5.74) is 6.04. The van der Waals surface area contributed by atoms with Crippen LogP contribution in [0.5, 0.6) is 0 Å². The normalized spacial score (nSPS) is 15.8. The van der Waals surface area contributed by atoms with E-state index in [1.165, 1.54) is 7.11 Å². The van der Waals surface area contributed by atoms with Crippen molar-refractivity contribution in [2.45, 2.75) is 52.1 Å². The quantitative estimate of drug-likeness (QED) is 0.310. The lowest BCUT2D eigenvalue weighted by Gasteiger charge is -2.24. The van der Waals surface area contributed by atoms with Gasteiger partial charge in [0.05, 0.1) is 40.8 Å². The van der Waals surface area contributed by atoms with Crippen molar-refractivity contribution in [1.82, 2.24) is 19.1 Å². The molecule has 9 heteroatoms. The standard InChI is InChI=1S/C23H27ClN4O3S/c1-12-19(23-17(26-32)6-5-11-28(23)25-12)20-16(24)9-7-15-14(8-10-18(30)31-4)21(13(2)29)27(3)22(15)20/h7,9,17,26,32H,5-6,8,10-11H2,1-4H3/t17-/m1/s1. The van der Waals surface area contributed by atoms with Crippen LogP contribution in [0.15, 0.2) is 12.1 Å². The number of Topliss-reactive ketones (excluding diaryl/α,β-unsaturated/α-hetero) is 1. The van der Waals surface area contributed by atoms with E-state index in [4.69, 9.17) is 21.4 Å². The van der Waals surface area contributed by atoms with E-state index in [0.29, 0.717) is 17.1 Å². The van der Waals surface area contributed by atoms with Gasteiger partial charge < -0.3 is 9.30 Å². The van der Waals surface area contributed by atoms with E-state index in [1.807, 2.05) is 35.4 Å². The molecule has 2 aromatic heterocycles. The first-order chi connectivity index (χ1) is 15.3. The summed E-state index contributed by atoms with van der Waals surface area (Å²) >= 11 is 11.2. The van der Waals surface area contributed by atoms with Gasteiger partial charge in [-0.2, -0.15) is 5.10 Å². The van der Waals surface area contributed by atoms with Crippen LogP contribution in [0.1, 0.15) is 59.7 Å². The second-order valence-corrected chi connectivity index (χ2v) is 8.90. The number of nitrogens with zero attached hydrogens (tertiary/aromatic N) is 3. The summed E-state index contributed by atoms with van der Waals surface area (Å²) in [6.45, 7) is 4.37. The summed E-state index contributed by atoms with van der Waals surface area (Å²) in [6.07, 6.45) is 2.57. The highest BCUT2D eigenvalue weighted by Crippen LogP contribution is 2.44. The topological polar surface area (TPSA) is 78.2 Å². The molecule has 0 aliphatic carbocycles. The van der Waals surface area contributed by atoms with E-state index < -0.39 is 0 Å². The number of hydrogen-bond acceptors (Lipinski definition) is 6. The number of ketones is 1. The Bertz CT molecular complexity index is 1230. The van der Waals surface area contributed by atoms with Gasteiger partial charge in [-0.25, -0.2) is 0 Å². The summed E-state index contributed by atoms with van der Waals surface area (Å²) in [6, 6.07) is 3.83. The van der Waals surface area contributed by atoms with Crippen LogP contribution in [-0.2, 0) is 29.5 Å². The molecule has 0 fully saturated rings. The van der Waals surface area contributed by atoms with Gasteiger partial charge in [0, 0.05) is 43.5 Å². The van der Waals surface area contributed by atoms with Gasteiger partial charge >= 0.3 is 5.97 Å². The Labute approximate surface area is 197 Å². The highest BCUT2D eigenvalue weighted by atomic mass is 35.5. The summed E-state index contributed by atoms with van der Waals surface area (Å²) < 4.78 is 11.9. The van der Waals surface area contributed by atoms with Crippen LogP contribution in [0, 0.1) is 6.92 Å². The molecule has 1 atom stereocenters. The molecule has 7 nitrogen and oxygen atoms in total. The summed E-state index contributed by atoms with van der Waals surface area (Å²) in [5.74, 6) is -0.371. The maximum Gasteiger partial charge on any atom is 0.305 e. The minimum Gasteiger partial charge on any atom is -0.469 e. The Morgan fingerprint density at radius 2 is 2.09 bits per heavy atom. The molecule has 1 aliphatic rings. The zero-order chi connectivity index (χ0) is 23.2. The lowest BCUT2D eigenvalue weighted by Crippen LogP contribution is -2.23. The van der Waals surface area contributed by atoms with Crippen molar-refractivity contribution in [2.75, 3.05) is 7.11 Å². The van der Waals surface area contributed by atoms with Crippen molar-refractivity contribution in [2.24, 2.45) is 7.05 Å². The zero-order valence-corrected chi connectivity index (χ0v) is 20.3. The molecule has 3 heterocycles. The third-order valence-electron chi connectivity index (χ3n) is 6.31.